The number of aromatic nitrogens is 1. The van der Waals surface area contributed by atoms with Crippen molar-refractivity contribution in [2.24, 2.45) is 11.8 Å². The van der Waals surface area contributed by atoms with Crippen molar-refractivity contribution in [3.05, 3.63) is 36.2 Å². The number of likely N-dealkylation sites (tertiary alicyclic amines) is 2. The number of rotatable bonds is 5. The van der Waals surface area contributed by atoms with Crippen LogP contribution in [0.4, 0.5) is 0 Å². The summed E-state index contributed by atoms with van der Waals surface area (Å²) < 4.78 is 0. The highest BCUT2D eigenvalue weighted by atomic mass is 16.3. The van der Waals surface area contributed by atoms with Crippen LogP contribution >= 0.6 is 0 Å². The molecule has 4 nitrogen and oxygen atoms in total. The predicted octanol–water partition coefficient (Wildman–Crippen LogP) is 3.58. The zero-order valence-corrected chi connectivity index (χ0v) is 16.4. The average Bonchev–Trinajstić information content (AvgIpc) is 3.04. The van der Waals surface area contributed by atoms with Gasteiger partial charge in [0.05, 0.1) is 11.4 Å². The molecule has 1 unspecified atom stereocenters. The quantitative estimate of drug-likeness (QED) is 0.885. The van der Waals surface area contributed by atoms with Gasteiger partial charge in [-0.05, 0) is 69.4 Å². The maximum atomic E-state index is 11.0. The Morgan fingerprint density at radius 1 is 1.32 bits per heavy atom. The molecule has 0 spiro atoms. The molecule has 0 radical (unpaired) electrons. The van der Waals surface area contributed by atoms with E-state index in [4.69, 9.17) is 0 Å². The van der Waals surface area contributed by atoms with Crippen LogP contribution < -0.4 is 0 Å². The molecule has 0 aliphatic carbocycles. The Hall–Kier alpha value is -1.23. The Morgan fingerprint density at radius 3 is 2.40 bits per heavy atom. The molecule has 1 aromatic rings. The summed E-state index contributed by atoms with van der Waals surface area (Å²) in [6.45, 7) is 14.8. The minimum absolute atomic E-state index is 0.644. The van der Waals surface area contributed by atoms with E-state index in [1.807, 2.05) is 25.1 Å². The van der Waals surface area contributed by atoms with Crippen molar-refractivity contribution in [3.63, 3.8) is 0 Å². The number of hydrogen-bond donors (Lipinski definition) is 1. The van der Waals surface area contributed by atoms with Crippen molar-refractivity contribution in [2.45, 2.75) is 45.8 Å². The van der Waals surface area contributed by atoms with E-state index in [1.165, 1.54) is 25.9 Å². The molecule has 0 bridgehead atoms. The lowest BCUT2D eigenvalue weighted by Crippen LogP contribution is -2.59. The van der Waals surface area contributed by atoms with Crippen molar-refractivity contribution in [2.75, 3.05) is 33.2 Å². The fourth-order valence-electron chi connectivity index (χ4n) is 3.47. The summed E-state index contributed by atoms with van der Waals surface area (Å²) in [5.41, 5.74) is 0.602. The number of pyridine rings is 1. The van der Waals surface area contributed by atoms with E-state index < -0.39 is 5.72 Å². The maximum absolute atomic E-state index is 11.0. The first-order chi connectivity index (χ1) is 11.9. The zero-order chi connectivity index (χ0) is 18.4. The Bertz CT molecular complexity index is 548. The molecule has 1 atom stereocenters. The average molecular weight is 346 g/mol. The van der Waals surface area contributed by atoms with Gasteiger partial charge in [0, 0.05) is 13.1 Å². The highest BCUT2D eigenvalue weighted by Gasteiger charge is 2.44. The molecule has 1 N–H and O–H groups in total. The third-order valence-electron chi connectivity index (χ3n) is 5.59. The van der Waals surface area contributed by atoms with Crippen LogP contribution in [0.15, 0.2) is 24.8 Å². The third kappa shape index (κ3) is 4.90. The molecule has 1 aromatic heterocycles. The summed E-state index contributed by atoms with van der Waals surface area (Å²) in [6.07, 6.45) is 5.19. The molecule has 0 aromatic carbocycles. The molecular formula is C21H35N3O. The topological polar surface area (TPSA) is 39.6 Å². The van der Waals surface area contributed by atoms with Gasteiger partial charge in [0.25, 0.3) is 0 Å². The summed E-state index contributed by atoms with van der Waals surface area (Å²) in [7, 11) is 2.17. The van der Waals surface area contributed by atoms with Crippen LogP contribution in [0.3, 0.4) is 0 Å². The van der Waals surface area contributed by atoms with Crippen LogP contribution in [0.5, 0.6) is 0 Å². The predicted molar refractivity (Wildman–Crippen MR) is 105 cm³/mol. The van der Waals surface area contributed by atoms with E-state index in [-0.39, 0.29) is 0 Å². The molecule has 3 heterocycles. The fourth-order valence-corrected chi connectivity index (χ4v) is 3.47. The van der Waals surface area contributed by atoms with Crippen molar-refractivity contribution < 1.29 is 5.11 Å². The van der Waals surface area contributed by atoms with E-state index in [0.717, 1.165) is 24.5 Å². The first-order valence-electron chi connectivity index (χ1n) is 9.66. The molecule has 2 fully saturated rings. The van der Waals surface area contributed by atoms with Gasteiger partial charge in [-0.25, -0.2) is 4.98 Å². The SMILES string of the molecule is C=Cc1cccc(C(O)(CC)N2CC(C(C)C)C2)n1.CN1CCCC1. The van der Waals surface area contributed by atoms with E-state index in [0.29, 0.717) is 18.3 Å². The second-order valence-corrected chi connectivity index (χ2v) is 7.74. The van der Waals surface area contributed by atoms with Gasteiger partial charge in [0.1, 0.15) is 0 Å². The van der Waals surface area contributed by atoms with Gasteiger partial charge in [-0.15, -0.1) is 0 Å². The highest BCUT2D eigenvalue weighted by Crippen LogP contribution is 2.36. The van der Waals surface area contributed by atoms with E-state index in [2.05, 4.69) is 42.3 Å². The summed E-state index contributed by atoms with van der Waals surface area (Å²) in [6, 6.07) is 5.73. The molecule has 0 amide bonds. The van der Waals surface area contributed by atoms with Crippen molar-refractivity contribution >= 4 is 6.08 Å². The van der Waals surface area contributed by atoms with Crippen LogP contribution in [0.1, 0.15) is 51.4 Å². The number of hydrogen-bond acceptors (Lipinski definition) is 4. The zero-order valence-electron chi connectivity index (χ0n) is 16.4. The van der Waals surface area contributed by atoms with E-state index in [9.17, 15) is 5.11 Å². The smallest absolute Gasteiger partial charge is 0.161 e. The van der Waals surface area contributed by atoms with Gasteiger partial charge in [-0.3, -0.25) is 4.90 Å². The molecule has 140 valence electrons. The van der Waals surface area contributed by atoms with Gasteiger partial charge >= 0.3 is 0 Å². The van der Waals surface area contributed by atoms with Crippen molar-refractivity contribution in [1.82, 2.24) is 14.8 Å². The van der Waals surface area contributed by atoms with Gasteiger partial charge in [-0.1, -0.05) is 33.4 Å². The normalized spacial score (nSPS) is 21.4. The van der Waals surface area contributed by atoms with Gasteiger partial charge in [0.2, 0.25) is 0 Å². The van der Waals surface area contributed by atoms with Crippen LogP contribution in [0.25, 0.3) is 6.08 Å². The Labute approximate surface area is 153 Å². The molecule has 0 saturated carbocycles. The summed E-state index contributed by atoms with van der Waals surface area (Å²) in [5, 5.41) is 11.0. The molecule has 3 rings (SSSR count). The highest BCUT2D eigenvalue weighted by molar-refractivity contribution is 5.41. The molecule has 4 heteroatoms. The third-order valence-corrected chi connectivity index (χ3v) is 5.59. The summed E-state index contributed by atoms with van der Waals surface area (Å²) in [5.74, 6) is 1.35. The van der Waals surface area contributed by atoms with Crippen LogP contribution in [-0.2, 0) is 5.72 Å². The van der Waals surface area contributed by atoms with E-state index in [1.54, 1.807) is 6.08 Å². The largest absolute Gasteiger partial charge is 0.370 e. The number of nitrogens with zero attached hydrogens (tertiary/aromatic N) is 3. The minimum atomic E-state index is -0.940. The van der Waals surface area contributed by atoms with Crippen LogP contribution in [-0.4, -0.2) is 53.1 Å². The van der Waals surface area contributed by atoms with Crippen LogP contribution in [0.2, 0.25) is 0 Å². The molecular weight excluding hydrogens is 310 g/mol. The van der Waals surface area contributed by atoms with Gasteiger partial charge in [-0.2, -0.15) is 0 Å². The lowest BCUT2D eigenvalue weighted by atomic mass is 9.85. The molecule has 2 saturated heterocycles. The van der Waals surface area contributed by atoms with Gasteiger partial charge < -0.3 is 10.0 Å². The molecule has 2 aliphatic heterocycles. The standard InChI is InChI=1S/C16H24N2O.C5H11N/c1-5-14-8-7-9-15(17-14)16(19,6-2)18-10-13(11-18)12(3)4;1-6-4-2-3-5-6/h5,7-9,12-13,19H,1,6,10-11H2,2-4H3;2-5H2,1H3. The summed E-state index contributed by atoms with van der Waals surface area (Å²) in [4.78, 5) is 8.99. The monoisotopic (exact) mass is 345 g/mol. The minimum Gasteiger partial charge on any atom is -0.370 e. The second kappa shape index (κ2) is 8.93. The first kappa shape index (κ1) is 20.1. The van der Waals surface area contributed by atoms with Gasteiger partial charge in [0.15, 0.2) is 5.72 Å². The Kier molecular flexibility index (Phi) is 7.17. The molecule has 25 heavy (non-hydrogen) atoms. The maximum Gasteiger partial charge on any atom is 0.161 e. The lowest BCUT2D eigenvalue weighted by Gasteiger charge is -2.50. The molecule has 2 aliphatic rings. The first-order valence-corrected chi connectivity index (χ1v) is 9.66. The summed E-state index contributed by atoms with van der Waals surface area (Å²) >= 11 is 0. The Morgan fingerprint density at radius 2 is 1.96 bits per heavy atom. The number of aliphatic hydroxyl groups is 1. The second-order valence-electron chi connectivity index (χ2n) is 7.74. The van der Waals surface area contributed by atoms with E-state index >= 15 is 0 Å². The lowest BCUT2D eigenvalue weighted by molar-refractivity contribution is -0.175. The van der Waals surface area contributed by atoms with Crippen LogP contribution in [0, 0.1) is 11.8 Å². The van der Waals surface area contributed by atoms with Crippen molar-refractivity contribution in [1.29, 1.82) is 0 Å². The Balaban J connectivity index is 0.000000316. The van der Waals surface area contributed by atoms with Crippen molar-refractivity contribution in [3.8, 4) is 0 Å². The fraction of sp³-hybridized carbons (Fsp3) is 0.667.